The molecule has 0 radical (unpaired) electrons. The Labute approximate surface area is 140 Å². The number of rotatable bonds is 6. The Morgan fingerprint density at radius 3 is 2.67 bits per heavy atom. The smallest absolute Gasteiger partial charge is 0.338 e. The van der Waals surface area contributed by atoms with Gasteiger partial charge in [-0.15, -0.1) is 0 Å². The van der Waals surface area contributed by atoms with Crippen molar-refractivity contribution in [1.82, 2.24) is 5.32 Å². The number of carbonyl (C=O) groups excluding carboxylic acids is 2. The van der Waals surface area contributed by atoms with Crippen molar-refractivity contribution in [1.29, 1.82) is 0 Å². The van der Waals surface area contributed by atoms with Gasteiger partial charge in [-0.25, -0.2) is 4.79 Å². The van der Waals surface area contributed by atoms with Crippen LogP contribution in [0.3, 0.4) is 0 Å². The highest BCUT2D eigenvalue weighted by Crippen LogP contribution is 2.37. The summed E-state index contributed by atoms with van der Waals surface area (Å²) < 4.78 is 20.6. The molecule has 2 N–H and O–H groups in total. The van der Waals surface area contributed by atoms with Gasteiger partial charge in [0.1, 0.15) is 0 Å². The third-order valence-electron chi connectivity index (χ3n) is 3.60. The summed E-state index contributed by atoms with van der Waals surface area (Å²) in [5, 5.41) is 5.97. The Kier molecular flexibility index (Phi) is 6.39. The average molecular weight is 338 g/mol. The molecule has 1 aliphatic rings. The minimum atomic E-state index is -0.534. The van der Waals surface area contributed by atoms with Crippen LogP contribution >= 0.6 is 0 Å². The number of hydrogen-bond donors (Lipinski definition) is 2. The summed E-state index contributed by atoms with van der Waals surface area (Å²) in [5.41, 5.74) is 0.601. The Hall–Kier alpha value is -2.32. The van der Waals surface area contributed by atoms with Gasteiger partial charge < -0.3 is 29.6 Å². The van der Waals surface area contributed by atoms with E-state index in [-0.39, 0.29) is 23.9 Å². The number of benzene rings is 1. The third kappa shape index (κ3) is 4.36. The summed E-state index contributed by atoms with van der Waals surface area (Å²) in [4.78, 5) is 24.1. The Balaban J connectivity index is 2.19. The minimum Gasteiger partial charge on any atom is -0.493 e. The molecule has 0 aliphatic carbocycles. The quantitative estimate of drug-likeness (QED) is 0.741. The van der Waals surface area contributed by atoms with Crippen molar-refractivity contribution in [2.24, 2.45) is 0 Å². The second-order valence-corrected chi connectivity index (χ2v) is 5.23. The fourth-order valence-electron chi connectivity index (χ4n) is 2.47. The zero-order chi connectivity index (χ0) is 17.5. The molecule has 1 aromatic carbocycles. The van der Waals surface area contributed by atoms with Gasteiger partial charge in [0, 0.05) is 19.0 Å². The van der Waals surface area contributed by atoms with E-state index in [0.717, 1.165) is 0 Å². The van der Waals surface area contributed by atoms with E-state index >= 15 is 0 Å². The number of nitrogens with one attached hydrogen (secondary N) is 2. The largest absolute Gasteiger partial charge is 0.493 e. The van der Waals surface area contributed by atoms with Gasteiger partial charge in [0.25, 0.3) is 0 Å². The molecule has 0 spiro atoms. The van der Waals surface area contributed by atoms with E-state index in [1.807, 2.05) is 0 Å². The number of methoxy groups -OCH3 is 3. The van der Waals surface area contributed by atoms with Gasteiger partial charge in [-0.3, -0.25) is 4.79 Å². The number of hydrogen-bond acceptors (Lipinski definition) is 7. The van der Waals surface area contributed by atoms with Gasteiger partial charge in [-0.2, -0.15) is 0 Å². The monoisotopic (exact) mass is 338 g/mol. The lowest BCUT2D eigenvalue weighted by Crippen LogP contribution is -2.43. The van der Waals surface area contributed by atoms with Crippen LogP contribution in [0.15, 0.2) is 12.1 Å². The summed E-state index contributed by atoms with van der Waals surface area (Å²) in [5.74, 6) is -0.0876. The Morgan fingerprint density at radius 1 is 1.29 bits per heavy atom. The minimum absolute atomic E-state index is 0.0459. The lowest BCUT2D eigenvalue weighted by atomic mass is 10.1. The molecule has 132 valence electrons. The highest BCUT2D eigenvalue weighted by Gasteiger charge is 2.21. The molecule has 0 bridgehead atoms. The molecule has 0 aromatic heterocycles. The fourth-order valence-corrected chi connectivity index (χ4v) is 2.47. The van der Waals surface area contributed by atoms with E-state index in [1.165, 1.54) is 33.5 Å². The Bertz CT molecular complexity index is 598. The number of amides is 1. The van der Waals surface area contributed by atoms with Crippen LogP contribution in [-0.2, 0) is 14.3 Å². The number of carbonyl (C=O) groups is 2. The molecular formula is C16H22N2O6. The van der Waals surface area contributed by atoms with Crippen LogP contribution in [0.4, 0.5) is 5.69 Å². The first-order chi connectivity index (χ1) is 11.6. The van der Waals surface area contributed by atoms with Crippen molar-refractivity contribution in [3.8, 4) is 11.5 Å². The molecular weight excluding hydrogens is 316 g/mol. The lowest BCUT2D eigenvalue weighted by Gasteiger charge is -2.23. The lowest BCUT2D eigenvalue weighted by molar-refractivity contribution is -0.117. The van der Waals surface area contributed by atoms with Crippen molar-refractivity contribution >= 4 is 17.6 Å². The highest BCUT2D eigenvalue weighted by atomic mass is 16.5. The van der Waals surface area contributed by atoms with Gasteiger partial charge in [0.15, 0.2) is 11.5 Å². The van der Waals surface area contributed by atoms with Crippen LogP contribution in [0.5, 0.6) is 11.5 Å². The van der Waals surface area contributed by atoms with E-state index in [1.54, 1.807) is 0 Å². The number of esters is 1. The Morgan fingerprint density at radius 2 is 2.08 bits per heavy atom. The van der Waals surface area contributed by atoms with Gasteiger partial charge in [0.2, 0.25) is 5.91 Å². The van der Waals surface area contributed by atoms with Crippen molar-refractivity contribution in [3.63, 3.8) is 0 Å². The number of ether oxygens (including phenoxy) is 4. The molecule has 1 saturated heterocycles. The molecule has 8 nitrogen and oxygen atoms in total. The standard InChI is InChI=1S/C16H22N2O6/c1-21-13-7-10(16(20)23-3)6-12(15(13)22-2)18-14(19)8-11-9-24-5-4-17-11/h6-7,11,17H,4-5,8-9H2,1-3H3,(H,18,19). The van der Waals surface area contributed by atoms with E-state index in [0.29, 0.717) is 36.9 Å². The van der Waals surface area contributed by atoms with Crippen LogP contribution in [0, 0.1) is 0 Å². The molecule has 24 heavy (non-hydrogen) atoms. The molecule has 1 unspecified atom stereocenters. The summed E-state index contributed by atoms with van der Waals surface area (Å²) in [6.45, 7) is 1.84. The normalized spacial score (nSPS) is 17.0. The van der Waals surface area contributed by atoms with Crippen LogP contribution in [0.1, 0.15) is 16.8 Å². The number of morpholine rings is 1. The molecule has 1 atom stereocenters. The fraction of sp³-hybridized carbons (Fsp3) is 0.500. The number of anilines is 1. The van der Waals surface area contributed by atoms with Crippen LogP contribution in [0.25, 0.3) is 0 Å². The zero-order valence-electron chi connectivity index (χ0n) is 14.0. The first kappa shape index (κ1) is 18.0. The predicted octanol–water partition coefficient (Wildman–Crippen LogP) is 0.807. The van der Waals surface area contributed by atoms with Gasteiger partial charge in [-0.05, 0) is 12.1 Å². The van der Waals surface area contributed by atoms with Crippen molar-refractivity contribution < 1.29 is 28.5 Å². The van der Waals surface area contributed by atoms with Crippen molar-refractivity contribution in [3.05, 3.63) is 17.7 Å². The van der Waals surface area contributed by atoms with Gasteiger partial charge in [0.05, 0.1) is 45.8 Å². The van der Waals surface area contributed by atoms with Crippen LogP contribution < -0.4 is 20.1 Å². The highest BCUT2D eigenvalue weighted by molar-refractivity contribution is 5.97. The van der Waals surface area contributed by atoms with E-state index in [9.17, 15) is 9.59 Å². The zero-order valence-corrected chi connectivity index (χ0v) is 14.0. The molecule has 1 aliphatic heterocycles. The average Bonchev–Trinajstić information content (AvgIpc) is 2.60. The summed E-state index contributed by atoms with van der Waals surface area (Å²) in [7, 11) is 4.20. The van der Waals surface area contributed by atoms with Crippen LogP contribution in [-0.4, -0.2) is 59.0 Å². The van der Waals surface area contributed by atoms with Gasteiger partial charge >= 0.3 is 5.97 Å². The first-order valence-corrected chi connectivity index (χ1v) is 7.54. The molecule has 8 heteroatoms. The predicted molar refractivity (Wildman–Crippen MR) is 86.7 cm³/mol. The van der Waals surface area contributed by atoms with Gasteiger partial charge in [-0.1, -0.05) is 0 Å². The summed E-state index contributed by atoms with van der Waals surface area (Å²) in [6.07, 6.45) is 0.244. The molecule has 1 heterocycles. The van der Waals surface area contributed by atoms with Crippen molar-refractivity contribution in [2.45, 2.75) is 12.5 Å². The maximum Gasteiger partial charge on any atom is 0.338 e. The molecule has 0 saturated carbocycles. The first-order valence-electron chi connectivity index (χ1n) is 7.54. The second kappa shape index (κ2) is 8.51. The maximum atomic E-state index is 12.3. The van der Waals surface area contributed by atoms with E-state index in [4.69, 9.17) is 18.9 Å². The maximum absolute atomic E-state index is 12.3. The molecule has 1 aromatic rings. The molecule has 2 rings (SSSR count). The molecule has 1 amide bonds. The molecule has 1 fully saturated rings. The third-order valence-corrected chi connectivity index (χ3v) is 3.60. The summed E-state index contributed by atoms with van der Waals surface area (Å²) in [6, 6.07) is 2.95. The SMILES string of the molecule is COC(=O)c1cc(NC(=O)CC2COCCN2)c(OC)c(OC)c1. The van der Waals surface area contributed by atoms with Crippen LogP contribution in [0.2, 0.25) is 0 Å². The topological polar surface area (TPSA) is 95.1 Å². The van der Waals surface area contributed by atoms with E-state index < -0.39 is 5.97 Å². The summed E-state index contributed by atoms with van der Waals surface area (Å²) >= 11 is 0. The second-order valence-electron chi connectivity index (χ2n) is 5.23. The van der Waals surface area contributed by atoms with Crippen molar-refractivity contribution in [2.75, 3.05) is 46.4 Å². The van der Waals surface area contributed by atoms with E-state index in [2.05, 4.69) is 10.6 Å².